The number of ether oxygens (including phenoxy) is 1. The van der Waals surface area contributed by atoms with Gasteiger partial charge in [0.25, 0.3) is 5.91 Å². The van der Waals surface area contributed by atoms with Gasteiger partial charge in [0, 0.05) is 17.1 Å². The third-order valence-corrected chi connectivity index (χ3v) is 2.43. The minimum atomic E-state index is -0.633. The normalized spacial score (nSPS) is 12.2. The highest BCUT2D eigenvalue weighted by molar-refractivity contribution is 6.30. The molecule has 1 aromatic rings. The lowest BCUT2D eigenvalue weighted by Crippen LogP contribution is -2.33. The quantitative estimate of drug-likeness (QED) is 0.820. The van der Waals surface area contributed by atoms with E-state index in [0.717, 1.165) is 5.56 Å². The van der Waals surface area contributed by atoms with Crippen molar-refractivity contribution in [2.75, 3.05) is 0 Å². The highest BCUT2D eigenvalue weighted by Gasteiger charge is 2.16. The lowest BCUT2D eigenvalue weighted by molar-refractivity contribution is -0.124. The zero-order valence-electron chi connectivity index (χ0n) is 9.07. The summed E-state index contributed by atoms with van der Waals surface area (Å²) >= 11 is 5.83. The Hall–Kier alpha value is -1.26. The second kappa shape index (κ2) is 5.72. The van der Waals surface area contributed by atoms with Gasteiger partial charge in [-0.2, -0.15) is 0 Å². The number of benzene rings is 1. The van der Waals surface area contributed by atoms with Crippen LogP contribution in [0, 0.1) is 0 Å². The molecule has 0 aliphatic carbocycles. The van der Waals surface area contributed by atoms with E-state index in [1.165, 1.54) is 0 Å². The van der Waals surface area contributed by atoms with Crippen molar-refractivity contribution in [1.82, 2.24) is 0 Å². The van der Waals surface area contributed by atoms with Gasteiger partial charge in [-0.1, -0.05) is 18.5 Å². The van der Waals surface area contributed by atoms with E-state index in [1.807, 2.05) is 6.92 Å². The van der Waals surface area contributed by atoms with Crippen LogP contribution in [0.1, 0.15) is 18.9 Å². The summed E-state index contributed by atoms with van der Waals surface area (Å²) in [5, 5.41) is 0.583. The molecule has 0 heterocycles. The van der Waals surface area contributed by atoms with Crippen LogP contribution in [0.4, 0.5) is 0 Å². The third-order valence-electron chi connectivity index (χ3n) is 2.20. The van der Waals surface area contributed by atoms with Gasteiger partial charge in [-0.3, -0.25) is 4.79 Å². The molecule has 0 aliphatic heterocycles. The summed E-state index contributed by atoms with van der Waals surface area (Å²) in [6, 6.07) is 5.09. The van der Waals surface area contributed by atoms with Gasteiger partial charge in [0.15, 0.2) is 6.10 Å². The Morgan fingerprint density at radius 2 is 2.25 bits per heavy atom. The molecule has 1 unspecified atom stereocenters. The molecule has 4 N–H and O–H groups in total. The lowest BCUT2D eigenvalue weighted by atomic mass is 10.2. The minimum absolute atomic E-state index is 0.297. The number of halogens is 1. The first-order chi connectivity index (χ1) is 7.58. The zero-order chi connectivity index (χ0) is 12.1. The maximum atomic E-state index is 11.0. The van der Waals surface area contributed by atoms with Crippen LogP contribution < -0.4 is 16.2 Å². The monoisotopic (exact) mass is 242 g/mol. The number of carbonyl (C=O) groups excluding carboxylic acids is 1. The van der Waals surface area contributed by atoms with Crippen molar-refractivity contribution in [2.45, 2.75) is 26.0 Å². The first-order valence-corrected chi connectivity index (χ1v) is 5.40. The Morgan fingerprint density at radius 3 is 2.75 bits per heavy atom. The van der Waals surface area contributed by atoms with E-state index in [2.05, 4.69) is 0 Å². The van der Waals surface area contributed by atoms with Gasteiger partial charge in [0.2, 0.25) is 0 Å². The Labute approximate surface area is 99.5 Å². The van der Waals surface area contributed by atoms with Crippen molar-refractivity contribution in [1.29, 1.82) is 0 Å². The van der Waals surface area contributed by atoms with Crippen LogP contribution in [0.3, 0.4) is 0 Å². The van der Waals surface area contributed by atoms with Crippen LogP contribution in [0.5, 0.6) is 5.75 Å². The standard InChI is InChI=1S/C11H15ClN2O2/c1-2-9(11(14)15)16-10-4-3-8(12)5-7(10)6-13/h3-5,9H,2,6,13H2,1H3,(H2,14,15). The highest BCUT2D eigenvalue weighted by atomic mass is 35.5. The zero-order valence-corrected chi connectivity index (χ0v) is 9.83. The molecular weight excluding hydrogens is 228 g/mol. The largest absolute Gasteiger partial charge is 0.480 e. The topological polar surface area (TPSA) is 78.3 Å². The van der Waals surface area contributed by atoms with Crippen LogP contribution in [-0.4, -0.2) is 12.0 Å². The summed E-state index contributed by atoms with van der Waals surface area (Å²) in [6.07, 6.45) is -0.117. The molecule has 0 aromatic heterocycles. The van der Waals surface area contributed by atoms with Gasteiger partial charge in [-0.05, 0) is 24.6 Å². The molecule has 0 aliphatic rings. The van der Waals surface area contributed by atoms with Crippen LogP contribution in [0.15, 0.2) is 18.2 Å². The molecule has 16 heavy (non-hydrogen) atoms. The summed E-state index contributed by atoms with van der Waals surface area (Å²) in [6.45, 7) is 2.12. The maximum absolute atomic E-state index is 11.0. The number of hydrogen-bond acceptors (Lipinski definition) is 3. The van der Waals surface area contributed by atoms with E-state index in [1.54, 1.807) is 18.2 Å². The molecule has 4 nitrogen and oxygen atoms in total. The number of carbonyl (C=O) groups is 1. The number of hydrogen-bond donors (Lipinski definition) is 2. The van der Waals surface area contributed by atoms with Gasteiger partial charge < -0.3 is 16.2 Å². The van der Waals surface area contributed by atoms with Gasteiger partial charge in [-0.25, -0.2) is 0 Å². The van der Waals surface area contributed by atoms with Crippen molar-refractivity contribution in [2.24, 2.45) is 11.5 Å². The SMILES string of the molecule is CCC(Oc1ccc(Cl)cc1CN)C(N)=O. The number of amides is 1. The Bertz CT molecular complexity index is 382. The Kier molecular flexibility index (Phi) is 4.58. The average Bonchev–Trinajstić information content (AvgIpc) is 2.26. The predicted molar refractivity (Wildman–Crippen MR) is 63.2 cm³/mol. The molecule has 0 radical (unpaired) electrons. The molecular formula is C11H15ClN2O2. The van der Waals surface area contributed by atoms with Crippen LogP contribution in [-0.2, 0) is 11.3 Å². The lowest BCUT2D eigenvalue weighted by Gasteiger charge is -2.16. The molecule has 1 atom stereocenters. The fourth-order valence-corrected chi connectivity index (χ4v) is 1.51. The van der Waals surface area contributed by atoms with E-state index in [0.29, 0.717) is 23.7 Å². The van der Waals surface area contributed by atoms with E-state index >= 15 is 0 Å². The second-order valence-electron chi connectivity index (χ2n) is 3.37. The van der Waals surface area contributed by atoms with E-state index in [4.69, 9.17) is 27.8 Å². The van der Waals surface area contributed by atoms with Crippen molar-refractivity contribution in [3.05, 3.63) is 28.8 Å². The van der Waals surface area contributed by atoms with Crippen molar-refractivity contribution < 1.29 is 9.53 Å². The van der Waals surface area contributed by atoms with Crippen molar-refractivity contribution in [3.63, 3.8) is 0 Å². The Morgan fingerprint density at radius 1 is 1.56 bits per heavy atom. The van der Waals surface area contributed by atoms with Crippen LogP contribution in [0.2, 0.25) is 5.02 Å². The maximum Gasteiger partial charge on any atom is 0.258 e. The van der Waals surface area contributed by atoms with Gasteiger partial charge in [0.1, 0.15) is 5.75 Å². The van der Waals surface area contributed by atoms with E-state index in [-0.39, 0.29) is 0 Å². The molecule has 0 saturated carbocycles. The first kappa shape index (κ1) is 12.8. The number of primary amides is 1. The second-order valence-corrected chi connectivity index (χ2v) is 3.81. The minimum Gasteiger partial charge on any atom is -0.480 e. The van der Waals surface area contributed by atoms with Gasteiger partial charge >= 0.3 is 0 Å². The summed E-state index contributed by atoms with van der Waals surface area (Å²) in [4.78, 5) is 11.0. The summed E-state index contributed by atoms with van der Waals surface area (Å²) in [5.74, 6) is 0.0676. The molecule has 0 saturated heterocycles. The average molecular weight is 243 g/mol. The van der Waals surface area contributed by atoms with Gasteiger partial charge in [-0.15, -0.1) is 0 Å². The smallest absolute Gasteiger partial charge is 0.258 e. The fourth-order valence-electron chi connectivity index (χ4n) is 1.32. The van der Waals surface area contributed by atoms with Crippen molar-refractivity contribution >= 4 is 17.5 Å². The van der Waals surface area contributed by atoms with E-state index in [9.17, 15) is 4.79 Å². The summed E-state index contributed by atoms with van der Waals surface area (Å²) in [7, 11) is 0. The van der Waals surface area contributed by atoms with Crippen molar-refractivity contribution in [3.8, 4) is 5.75 Å². The third kappa shape index (κ3) is 3.12. The molecule has 1 aromatic carbocycles. The molecule has 1 rings (SSSR count). The number of rotatable bonds is 5. The van der Waals surface area contributed by atoms with Gasteiger partial charge in [0.05, 0.1) is 0 Å². The first-order valence-electron chi connectivity index (χ1n) is 5.03. The van der Waals surface area contributed by atoms with Crippen LogP contribution >= 0.6 is 11.6 Å². The molecule has 5 heteroatoms. The summed E-state index contributed by atoms with van der Waals surface area (Å²) in [5.41, 5.74) is 11.5. The summed E-state index contributed by atoms with van der Waals surface area (Å²) < 4.78 is 5.49. The molecule has 1 amide bonds. The van der Waals surface area contributed by atoms with E-state index < -0.39 is 12.0 Å². The predicted octanol–water partition coefficient (Wildman–Crippen LogP) is 1.44. The molecule has 88 valence electrons. The highest BCUT2D eigenvalue weighted by Crippen LogP contribution is 2.23. The fraction of sp³-hybridized carbons (Fsp3) is 0.364. The van der Waals surface area contributed by atoms with Crippen LogP contribution in [0.25, 0.3) is 0 Å². The molecule has 0 bridgehead atoms. The molecule has 0 spiro atoms. The molecule has 0 fully saturated rings. The Balaban J connectivity index is 2.91. The number of nitrogens with two attached hydrogens (primary N) is 2.